The molecule has 0 amide bonds. The maximum absolute atomic E-state index is 2.47. The average molecular weight is 782 g/mol. The smallest absolute Gasteiger partial charge is 0.101 e. The van der Waals surface area contributed by atoms with Crippen LogP contribution in [0.2, 0.25) is 0 Å². The first kappa shape index (κ1) is 33.3. The predicted octanol–water partition coefficient (Wildman–Crippen LogP) is 15.5. The van der Waals surface area contributed by atoms with Crippen LogP contribution in [0, 0.1) is 0 Å². The van der Waals surface area contributed by atoms with Gasteiger partial charge in [0.15, 0.2) is 0 Å². The van der Waals surface area contributed by atoms with Crippen LogP contribution in [0.3, 0.4) is 0 Å². The van der Waals surface area contributed by atoms with E-state index in [4.69, 9.17) is 0 Å². The van der Waals surface area contributed by atoms with Crippen LogP contribution in [0.1, 0.15) is 0 Å². The molecule has 13 aromatic rings. The van der Waals surface area contributed by atoms with E-state index in [-0.39, 0.29) is 0 Å². The fourth-order valence-corrected chi connectivity index (χ4v) is 10.8. The predicted molar refractivity (Wildman–Crippen MR) is 256 cm³/mol. The molecule has 0 aliphatic rings. The van der Waals surface area contributed by atoms with Crippen LogP contribution < -0.4 is 0 Å². The lowest BCUT2D eigenvalue weighted by atomic mass is 9.98. The molecule has 4 heterocycles. The van der Waals surface area contributed by atoms with Gasteiger partial charge < -0.3 is 13.7 Å². The van der Waals surface area contributed by atoms with Crippen molar-refractivity contribution < 1.29 is 0 Å². The van der Waals surface area contributed by atoms with Gasteiger partial charge in [0.2, 0.25) is 0 Å². The van der Waals surface area contributed by atoms with E-state index >= 15 is 0 Å². The third-order valence-corrected chi connectivity index (χ3v) is 13.5. The van der Waals surface area contributed by atoms with E-state index in [9.17, 15) is 0 Å². The molecule has 0 saturated heterocycles. The number of fused-ring (bicyclic) bond motifs is 10. The van der Waals surface area contributed by atoms with Crippen LogP contribution >= 0.6 is 11.3 Å². The topological polar surface area (TPSA) is 14.8 Å². The quantitative estimate of drug-likeness (QED) is 0.165. The number of aromatic nitrogens is 3. The Bertz CT molecular complexity index is 3580. The SMILES string of the molecule is c1ccc(-n2c3ccccc3c3cc(-c4ccc5c(c4)c4cc(-c6ccc7c(c6)c6ccccc6n7-c6ccccc6)ccc4n5-c4cc5ccccc5s4)ccc32)cc1. The molecule has 0 bridgehead atoms. The van der Waals surface area contributed by atoms with Crippen molar-refractivity contribution in [2.24, 2.45) is 0 Å². The number of thiophene rings is 1. The third-order valence-electron chi connectivity index (χ3n) is 12.4. The molecule has 0 saturated carbocycles. The summed E-state index contributed by atoms with van der Waals surface area (Å²) in [5, 5.41) is 10.0. The summed E-state index contributed by atoms with van der Waals surface area (Å²) < 4.78 is 8.53. The largest absolute Gasteiger partial charge is 0.309 e. The molecule has 60 heavy (non-hydrogen) atoms. The Morgan fingerprint density at radius 1 is 0.267 bits per heavy atom. The highest BCUT2D eigenvalue weighted by Gasteiger charge is 2.19. The van der Waals surface area contributed by atoms with Crippen molar-refractivity contribution in [1.29, 1.82) is 0 Å². The fourth-order valence-electron chi connectivity index (χ4n) is 9.71. The summed E-state index contributed by atoms with van der Waals surface area (Å²) in [5.74, 6) is 0. The summed E-state index contributed by atoms with van der Waals surface area (Å²) in [4.78, 5) is 0. The van der Waals surface area contributed by atoms with E-state index in [1.54, 1.807) is 0 Å². The van der Waals surface area contributed by atoms with Crippen LogP contribution in [0.5, 0.6) is 0 Å². The molecule has 9 aromatic carbocycles. The van der Waals surface area contributed by atoms with E-state index < -0.39 is 0 Å². The molecule has 0 fully saturated rings. The van der Waals surface area contributed by atoms with Gasteiger partial charge in [0.05, 0.1) is 33.1 Å². The maximum atomic E-state index is 2.47. The van der Waals surface area contributed by atoms with Crippen LogP contribution in [0.25, 0.3) is 114 Å². The second-order valence-corrected chi connectivity index (χ2v) is 16.8. The molecule has 4 aromatic heterocycles. The Labute approximate surface area is 349 Å². The summed E-state index contributed by atoms with van der Waals surface area (Å²) >= 11 is 1.85. The highest BCUT2D eigenvalue weighted by atomic mass is 32.1. The number of para-hydroxylation sites is 4. The summed E-state index contributed by atoms with van der Waals surface area (Å²) in [6.45, 7) is 0. The van der Waals surface area contributed by atoms with Gasteiger partial charge in [-0.1, -0.05) is 115 Å². The van der Waals surface area contributed by atoms with Crippen molar-refractivity contribution in [3.05, 3.63) is 212 Å². The number of hydrogen-bond acceptors (Lipinski definition) is 1. The number of hydrogen-bond donors (Lipinski definition) is 0. The van der Waals surface area contributed by atoms with E-state index in [1.807, 2.05) is 11.3 Å². The van der Waals surface area contributed by atoms with Gasteiger partial charge in [0.1, 0.15) is 5.00 Å². The Morgan fingerprint density at radius 3 is 1.10 bits per heavy atom. The normalized spacial score (nSPS) is 12.0. The van der Waals surface area contributed by atoms with E-state index in [1.165, 1.54) is 114 Å². The van der Waals surface area contributed by atoms with E-state index in [0.717, 1.165) is 0 Å². The fraction of sp³-hybridized carbons (Fsp3) is 0. The first-order valence-electron chi connectivity index (χ1n) is 20.5. The van der Waals surface area contributed by atoms with Gasteiger partial charge in [-0.25, -0.2) is 0 Å². The van der Waals surface area contributed by atoms with Crippen molar-refractivity contribution in [3.8, 4) is 38.6 Å². The molecule has 13 rings (SSSR count). The van der Waals surface area contributed by atoms with Gasteiger partial charge in [-0.2, -0.15) is 0 Å². The summed E-state index contributed by atoms with van der Waals surface area (Å²) in [6.07, 6.45) is 0. The van der Waals surface area contributed by atoms with Gasteiger partial charge in [-0.05, 0) is 125 Å². The van der Waals surface area contributed by atoms with Gasteiger partial charge in [-0.15, -0.1) is 11.3 Å². The van der Waals surface area contributed by atoms with Gasteiger partial charge in [0.25, 0.3) is 0 Å². The second kappa shape index (κ2) is 12.9. The average Bonchev–Trinajstić information content (AvgIpc) is 4.07. The minimum absolute atomic E-state index is 1.17. The van der Waals surface area contributed by atoms with Crippen molar-refractivity contribution in [1.82, 2.24) is 13.7 Å². The summed E-state index contributed by atoms with van der Waals surface area (Å²) in [6, 6.07) is 78.0. The molecule has 0 unspecified atom stereocenters. The van der Waals surface area contributed by atoms with Crippen molar-refractivity contribution >= 4 is 86.8 Å². The van der Waals surface area contributed by atoms with Crippen molar-refractivity contribution in [3.63, 3.8) is 0 Å². The second-order valence-electron chi connectivity index (χ2n) is 15.8. The number of rotatable bonds is 5. The maximum Gasteiger partial charge on any atom is 0.101 e. The summed E-state index contributed by atoms with van der Waals surface area (Å²) in [7, 11) is 0. The monoisotopic (exact) mass is 781 g/mol. The zero-order valence-electron chi connectivity index (χ0n) is 32.5. The van der Waals surface area contributed by atoms with Crippen molar-refractivity contribution in [2.45, 2.75) is 0 Å². The molecule has 0 spiro atoms. The van der Waals surface area contributed by atoms with Crippen LogP contribution in [-0.4, -0.2) is 13.7 Å². The Hall–Kier alpha value is -7.66. The highest BCUT2D eigenvalue weighted by molar-refractivity contribution is 7.21. The lowest BCUT2D eigenvalue weighted by Crippen LogP contribution is -1.92. The number of benzene rings is 9. The zero-order chi connectivity index (χ0) is 39.3. The third kappa shape index (κ3) is 4.95. The molecule has 0 aliphatic heterocycles. The van der Waals surface area contributed by atoms with Gasteiger partial charge in [-0.3, -0.25) is 0 Å². The van der Waals surface area contributed by atoms with Crippen LogP contribution in [0.4, 0.5) is 0 Å². The molecule has 0 N–H and O–H groups in total. The van der Waals surface area contributed by atoms with Crippen LogP contribution in [-0.2, 0) is 0 Å². The zero-order valence-corrected chi connectivity index (χ0v) is 33.3. The van der Waals surface area contributed by atoms with E-state index in [0.29, 0.717) is 0 Å². The molecular weight excluding hydrogens is 747 g/mol. The minimum atomic E-state index is 1.17. The van der Waals surface area contributed by atoms with Gasteiger partial charge >= 0.3 is 0 Å². The molecule has 0 atom stereocenters. The first-order chi connectivity index (χ1) is 29.7. The Morgan fingerprint density at radius 2 is 0.633 bits per heavy atom. The highest BCUT2D eigenvalue weighted by Crippen LogP contribution is 2.42. The molecule has 3 nitrogen and oxygen atoms in total. The Kier molecular flexibility index (Phi) is 7.18. The molecular formula is C56H35N3S. The lowest BCUT2D eigenvalue weighted by Gasteiger charge is -2.08. The van der Waals surface area contributed by atoms with E-state index in [2.05, 4.69) is 226 Å². The number of nitrogens with zero attached hydrogens (tertiary/aromatic N) is 3. The molecule has 0 aliphatic carbocycles. The van der Waals surface area contributed by atoms with Crippen LogP contribution in [0.15, 0.2) is 212 Å². The summed E-state index contributed by atoms with van der Waals surface area (Å²) in [5.41, 5.74) is 14.4. The molecule has 0 radical (unpaired) electrons. The first-order valence-corrected chi connectivity index (χ1v) is 21.3. The lowest BCUT2D eigenvalue weighted by molar-refractivity contribution is 1.18. The molecule has 280 valence electrons. The Balaban J connectivity index is 1.02. The van der Waals surface area contributed by atoms with Crippen molar-refractivity contribution in [2.75, 3.05) is 0 Å². The molecule has 4 heteroatoms. The minimum Gasteiger partial charge on any atom is -0.309 e. The standard InChI is InChI=1S/C56H35N3S/c1-3-14-41(15-4-1)57-49-20-10-8-18-43(49)45-31-36(23-27-51(45)57)38-25-29-53-47(33-38)48-34-39(26-30-54(48)59(53)56-35-40-13-7-12-22-55(40)60-56)37-24-28-52-46(32-37)44-19-9-11-21-50(44)58(52)42-16-5-2-6-17-42/h1-35H. The van der Waals surface area contributed by atoms with Gasteiger partial charge in [0, 0.05) is 48.4 Å².